The van der Waals surface area contributed by atoms with Gasteiger partial charge in [0.25, 0.3) is 0 Å². The summed E-state index contributed by atoms with van der Waals surface area (Å²) in [5, 5.41) is 5.84. The number of rotatable bonds is 7. The zero-order chi connectivity index (χ0) is 13.6. The Balaban J connectivity index is 2.39. The van der Waals surface area contributed by atoms with Gasteiger partial charge in [-0.1, -0.05) is 19.9 Å². The summed E-state index contributed by atoms with van der Waals surface area (Å²) < 4.78 is 0. The normalized spacial score (nSPS) is 14.1. The first-order valence-electron chi connectivity index (χ1n) is 7.14. The molecule has 1 nitrogen and oxygen atoms in total. The third-order valence-electron chi connectivity index (χ3n) is 3.10. The number of thiophene rings is 1. The van der Waals surface area contributed by atoms with Gasteiger partial charge in [0.15, 0.2) is 0 Å². The molecular formula is C16H29NS. The highest BCUT2D eigenvalue weighted by molar-refractivity contribution is 7.09. The maximum atomic E-state index is 3.66. The summed E-state index contributed by atoms with van der Waals surface area (Å²) in [6.45, 7) is 12.5. The molecule has 0 aliphatic carbocycles. The van der Waals surface area contributed by atoms with E-state index in [0.717, 1.165) is 18.4 Å². The predicted octanol–water partition coefficient (Wildman–Crippen LogP) is 4.73. The van der Waals surface area contributed by atoms with Crippen LogP contribution in [-0.2, 0) is 6.42 Å². The average molecular weight is 267 g/mol. The van der Waals surface area contributed by atoms with Crippen molar-refractivity contribution >= 4 is 11.3 Å². The molecule has 104 valence electrons. The topological polar surface area (TPSA) is 12.0 Å². The van der Waals surface area contributed by atoms with Gasteiger partial charge in [0.05, 0.1) is 0 Å². The Hall–Kier alpha value is -0.340. The number of nitrogens with one attached hydrogen (secondary N) is 1. The minimum Gasteiger partial charge on any atom is -0.312 e. The van der Waals surface area contributed by atoms with Crippen LogP contribution >= 0.6 is 11.3 Å². The molecule has 0 bridgehead atoms. The number of hydrogen-bond acceptors (Lipinski definition) is 2. The van der Waals surface area contributed by atoms with Crippen molar-refractivity contribution in [1.29, 1.82) is 0 Å². The lowest BCUT2D eigenvalue weighted by Crippen LogP contribution is -2.39. The van der Waals surface area contributed by atoms with Crippen LogP contribution in [0.15, 0.2) is 17.5 Å². The van der Waals surface area contributed by atoms with E-state index in [1.54, 1.807) is 0 Å². The van der Waals surface area contributed by atoms with E-state index >= 15 is 0 Å². The van der Waals surface area contributed by atoms with Crippen LogP contribution in [0.2, 0.25) is 0 Å². The zero-order valence-corrected chi connectivity index (χ0v) is 13.4. The Morgan fingerprint density at radius 1 is 1.28 bits per heavy atom. The van der Waals surface area contributed by atoms with Crippen LogP contribution < -0.4 is 5.32 Å². The van der Waals surface area contributed by atoms with Crippen LogP contribution in [0.25, 0.3) is 0 Å². The highest BCUT2D eigenvalue weighted by atomic mass is 32.1. The molecule has 18 heavy (non-hydrogen) atoms. The third kappa shape index (κ3) is 7.17. The molecule has 1 atom stereocenters. The highest BCUT2D eigenvalue weighted by Gasteiger charge is 2.15. The standard InChI is InChI=1S/C16H29NS/c1-13(2)11-14(12-17-16(3,4)5)8-9-15-7-6-10-18-15/h6-7,10,13-14,17H,8-9,11-12H2,1-5H3. The van der Waals surface area contributed by atoms with Crippen molar-refractivity contribution in [2.75, 3.05) is 6.54 Å². The summed E-state index contributed by atoms with van der Waals surface area (Å²) in [6, 6.07) is 4.42. The van der Waals surface area contributed by atoms with Gasteiger partial charge < -0.3 is 5.32 Å². The van der Waals surface area contributed by atoms with Crippen molar-refractivity contribution < 1.29 is 0 Å². The quantitative estimate of drug-likeness (QED) is 0.753. The van der Waals surface area contributed by atoms with E-state index < -0.39 is 0 Å². The van der Waals surface area contributed by atoms with E-state index in [1.807, 2.05) is 11.3 Å². The first kappa shape index (κ1) is 15.7. The highest BCUT2D eigenvalue weighted by Crippen LogP contribution is 2.20. The molecule has 1 rings (SSSR count). The first-order chi connectivity index (χ1) is 8.37. The average Bonchev–Trinajstić information content (AvgIpc) is 2.73. The van der Waals surface area contributed by atoms with Gasteiger partial charge in [-0.3, -0.25) is 0 Å². The zero-order valence-electron chi connectivity index (χ0n) is 12.6. The van der Waals surface area contributed by atoms with E-state index in [0.29, 0.717) is 0 Å². The Morgan fingerprint density at radius 2 is 2.00 bits per heavy atom. The Kier molecular flexibility index (Phi) is 6.37. The van der Waals surface area contributed by atoms with Crippen LogP contribution in [0.3, 0.4) is 0 Å². The molecule has 1 N–H and O–H groups in total. The SMILES string of the molecule is CC(C)CC(CCc1cccs1)CNC(C)(C)C. The lowest BCUT2D eigenvalue weighted by atomic mass is 9.91. The molecule has 1 aromatic rings. The van der Waals surface area contributed by atoms with E-state index in [1.165, 1.54) is 24.1 Å². The van der Waals surface area contributed by atoms with Crippen LogP contribution in [0.5, 0.6) is 0 Å². The molecule has 1 aromatic heterocycles. The maximum Gasteiger partial charge on any atom is 0.00966 e. The summed E-state index contributed by atoms with van der Waals surface area (Å²) in [7, 11) is 0. The molecule has 1 unspecified atom stereocenters. The minimum absolute atomic E-state index is 0.234. The van der Waals surface area contributed by atoms with Crippen LogP contribution in [-0.4, -0.2) is 12.1 Å². The second kappa shape index (κ2) is 7.30. The Bertz CT molecular complexity index is 308. The Morgan fingerprint density at radius 3 is 2.50 bits per heavy atom. The smallest absolute Gasteiger partial charge is 0.00966 e. The van der Waals surface area contributed by atoms with E-state index in [-0.39, 0.29) is 5.54 Å². The fourth-order valence-corrected chi connectivity index (χ4v) is 2.95. The molecule has 0 aromatic carbocycles. The van der Waals surface area contributed by atoms with Gasteiger partial charge in [-0.05, 0) is 69.9 Å². The first-order valence-corrected chi connectivity index (χ1v) is 8.02. The third-order valence-corrected chi connectivity index (χ3v) is 4.04. The summed E-state index contributed by atoms with van der Waals surface area (Å²) >= 11 is 1.89. The van der Waals surface area contributed by atoms with Crippen molar-refractivity contribution in [3.8, 4) is 0 Å². The van der Waals surface area contributed by atoms with Crippen molar-refractivity contribution in [3.63, 3.8) is 0 Å². The summed E-state index contributed by atoms with van der Waals surface area (Å²) in [6.07, 6.45) is 3.87. The second-order valence-corrected chi connectivity index (χ2v) is 7.78. The molecule has 0 radical (unpaired) electrons. The number of hydrogen-bond donors (Lipinski definition) is 1. The molecular weight excluding hydrogens is 238 g/mol. The van der Waals surface area contributed by atoms with Crippen molar-refractivity contribution in [3.05, 3.63) is 22.4 Å². The molecule has 0 amide bonds. The lowest BCUT2D eigenvalue weighted by molar-refractivity contribution is 0.320. The predicted molar refractivity (Wildman–Crippen MR) is 83.3 cm³/mol. The Labute approximate surface area is 117 Å². The fraction of sp³-hybridized carbons (Fsp3) is 0.750. The maximum absolute atomic E-state index is 3.66. The van der Waals surface area contributed by atoms with Gasteiger partial charge in [0, 0.05) is 10.4 Å². The summed E-state index contributed by atoms with van der Waals surface area (Å²) in [5.41, 5.74) is 0.234. The van der Waals surface area contributed by atoms with Crippen LogP contribution in [0.4, 0.5) is 0 Å². The second-order valence-electron chi connectivity index (χ2n) is 6.74. The van der Waals surface area contributed by atoms with Crippen molar-refractivity contribution in [1.82, 2.24) is 5.32 Å². The van der Waals surface area contributed by atoms with Gasteiger partial charge in [-0.2, -0.15) is 0 Å². The summed E-state index contributed by atoms with van der Waals surface area (Å²) in [4.78, 5) is 1.53. The largest absolute Gasteiger partial charge is 0.312 e. The van der Waals surface area contributed by atoms with Crippen molar-refractivity contribution in [2.45, 2.75) is 59.4 Å². The monoisotopic (exact) mass is 267 g/mol. The van der Waals surface area contributed by atoms with Gasteiger partial charge in [-0.15, -0.1) is 11.3 Å². The fourth-order valence-electron chi connectivity index (χ4n) is 2.22. The van der Waals surface area contributed by atoms with Gasteiger partial charge >= 0.3 is 0 Å². The molecule has 0 fully saturated rings. The molecule has 0 aliphatic heterocycles. The van der Waals surface area contributed by atoms with Crippen LogP contribution in [0.1, 0.15) is 52.3 Å². The van der Waals surface area contributed by atoms with E-state index in [2.05, 4.69) is 57.4 Å². The van der Waals surface area contributed by atoms with Gasteiger partial charge in [0.2, 0.25) is 0 Å². The summed E-state index contributed by atoms with van der Waals surface area (Å²) in [5.74, 6) is 1.59. The molecule has 1 heterocycles. The van der Waals surface area contributed by atoms with Crippen LogP contribution in [0, 0.1) is 11.8 Å². The van der Waals surface area contributed by atoms with E-state index in [9.17, 15) is 0 Å². The van der Waals surface area contributed by atoms with Gasteiger partial charge in [-0.25, -0.2) is 0 Å². The molecule has 0 spiro atoms. The molecule has 0 aliphatic rings. The van der Waals surface area contributed by atoms with Gasteiger partial charge in [0.1, 0.15) is 0 Å². The number of aryl methyl sites for hydroxylation is 1. The molecule has 0 saturated carbocycles. The lowest BCUT2D eigenvalue weighted by Gasteiger charge is -2.26. The van der Waals surface area contributed by atoms with Crippen molar-refractivity contribution in [2.24, 2.45) is 11.8 Å². The van der Waals surface area contributed by atoms with E-state index in [4.69, 9.17) is 0 Å². The molecule has 2 heteroatoms. The molecule has 0 saturated heterocycles. The minimum atomic E-state index is 0.234.